The molecule has 1 fully saturated rings. The van der Waals surface area contributed by atoms with E-state index >= 15 is 0 Å². The zero-order chi connectivity index (χ0) is 17.8. The van der Waals surface area contributed by atoms with E-state index in [0.717, 1.165) is 31.2 Å². The van der Waals surface area contributed by atoms with Gasteiger partial charge in [-0.15, -0.1) is 0 Å². The van der Waals surface area contributed by atoms with E-state index in [1.54, 1.807) is 26.4 Å². The van der Waals surface area contributed by atoms with E-state index in [4.69, 9.17) is 14.0 Å². The first kappa shape index (κ1) is 17.3. The number of aromatic nitrogens is 2. The average Bonchev–Trinajstić information content (AvgIpc) is 3.32. The first-order valence-electron chi connectivity index (χ1n) is 8.48. The molecule has 0 radical (unpaired) electrons. The van der Waals surface area contributed by atoms with Gasteiger partial charge in [0.25, 0.3) is 0 Å². The highest BCUT2D eigenvalue weighted by molar-refractivity contribution is 5.79. The molecule has 3 rings (SSSR count). The van der Waals surface area contributed by atoms with Crippen LogP contribution in [0.15, 0.2) is 22.7 Å². The molecule has 7 nitrogen and oxygen atoms in total. The van der Waals surface area contributed by atoms with Gasteiger partial charge in [-0.1, -0.05) is 18.0 Å². The summed E-state index contributed by atoms with van der Waals surface area (Å²) < 4.78 is 15.8. The minimum Gasteiger partial charge on any atom is -0.493 e. The third-order valence-corrected chi connectivity index (χ3v) is 4.54. The van der Waals surface area contributed by atoms with Crippen molar-refractivity contribution in [3.63, 3.8) is 0 Å². The summed E-state index contributed by atoms with van der Waals surface area (Å²) in [7, 11) is 3.16. The van der Waals surface area contributed by atoms with E-state index in [9.17, 15) is 4.79 Å². The van der Waals surface area contributed by atoms with Crippen molar-refractivity contribution in [1.29, 1.82) is 0 Å². The maximum atomic E-state index is 12.2. The van der Waals surface area contributed by atoms with Gasteiger partial charge in [0.1, 0.15) is 6.04 Å². The third kappa shape index (κ3) is 3.75. The fourth-order valence-electron chi connectivity index (χ4n) is 3.08. The SMILES string of the molecule is COc1ccc(-c2noc([C@H](C)NC(=O)C3CCCC3)n2)cc1OC. The lowest BCUT2D eigenvalue weighted by atomic mass is 10.1. The fourth-order valence-corrected chi connectivity index (χ4v) is 3.08. The summed E-state index contributed by atoms with van der Waals surface area (Å²) in [5.74, 6) is 2.22. The number of carbonyl (C=O) groups excluding carboxylic acids is 1. The van der Waals surface area contributed by atoms with Crippen LogP contribution < -0.4 is 14.8 Å². The number of benzene rings is 1. The molecule has 0 spiro atoms. The molecule has 0 aliphatic heterocycles. The number of nitrogens with zero attached hydrogens (tertiary/aromatic N) is 2. The molecule has 1 N–H and O–H groups in total. The highest BCUT2D eigenvalue weighted by Gasteiger charge is 2.25. The molecule has 0 unspecified atom stereocenters. The lowest BCUT2D eigenvalue weighted by Gasteiger charge is -2.13. The molecule has 1 amide bonds. The van der Waals surface area contributed by atoms with Crippen molar-refractivity contribution >= 4 is 5.91 Å². The van der Waals surface area contributed by atoms with Crippen molar-refractivity contribution in [2.45, 2.75) is 38.6 Å². The molecule has 1 aromatic heterocycles. The predicted octanol–water partition coefficient (Wildman–Crippen LogP) is 3.12. The number of hydrogen-bond acceptors (Lipinski definition) is 6. The van der Waals surface area contributed by atoms with Crippen LogP contribution in [-0.2, 0) is 4.79 Å². The van der Waals surface area contributed by atoms with Gasteiger partial charge in [-0.3, -0.25) is 4.79 Å². The summed E-state index contributed by atoms with van der Waals surface area (Å²) >= 11 is 0. The predicted molar refractivity (Wildman–Crippen MR) is 91.4 cm³/mol. The maximum Gasteiger partial charge on any atom is 0.249 e. The van der Waals surface area contributed by atoms with E-state index in [1.165, 1.54) is 0 Å². The van der Waals surface area contributed by atoms with Crippen LogP contribution in [0.3, 0.4) is 0 Å². The fraction of sp³-hybridized carbons (Fsp3) is 0.500. The molecule has 7 heteroatoms. The highest BCUT2D eigenvalue weighted by atomic mass is 16.5. The molecule has 1 aliphatic carbocycles. The van der Waals surface area contributed by atoms with Crippen molar-refractivity contribution in [1.82, 2.24) is 15.5 Å². The van der Waals surface area contributed by atoms with Crippen molar-refractivity contribution in [2.75, 3.05) is 14.2 Å². The van der Waals surface area contributed by atoms with Gasteiger partial charge in [0.2, 0.25) is 17.6 Å². The van der Waals surface area contributed by atoms with Gasteiger partial charge in [-0.2, -0.15) is 4.98 Å². The zero-order valence-electron chi connectivity index (χ0n) is 14.7. The second-order valence-electron chi connectivity index (χ2n) is 6.24. The van der Waals surface area contributed by atoms with Crippen LogP contribution in [0.2, 0.25) is 0 Å². The number of methoxy groups -OCH3 is 2. The van der Waals surface area contributed by atoms with E-state index in [2.05, 4.69) is 15.5 Å². The topological polar surface area (TPSA) is 86.5 Å². The van der Waals surface area contributed by atoms with Crippen molar-refractivity contribution < 1.29 is 18.8 Å². The largest absolute Gasteiger partial charge is 0.493 e. The smallest absolute Gasteiger partial charge is 0.249 e. The molecule has 1 aliphatic rings. The first-order chi connectivity index (χ1) is 12.1. The number of amides is 1. The second-order valence-corrected chi connectivity index (χ2v) is 6.24. The molecular weight excluding hydrogens is 322 g/mol. The Hall–Kier alpha value is -2.57. The first-order valence-corrected chi connectivity index (χ1v) is 8.48. The van der Waals surface area contributed by atoms with Gasteiger partial charge in [-0.05, 0) is 38.0 Å². The number of ether oxygens (including phenoxy) is 2. The van der Waals surface area contributed by atoms with Gasteiger partial charge >= 0.3 is 0 Å². The summed E-state index contributed by atoms with van der Waals surface area (Å²) in [6.45, 7) is 1.85. The second kappa shape index (κ2) is 7.55. The Labute approximate surface area is 146 Å². The molecular formula is C18H23N3O4. The van der Waals surface area contributed by atoms with Crippen molar-refractivity contribution in [3.05, 3.63) is 24.1 Å². The van der Waals surface area contributed by atoms with Crippen molar-refractivity contribution in [3.8, 4) is 22.9 Å². The van der Waals surface area contributed by atoms with Crippen LogP contribution >= 0.6 is 0 Å². The zero-order valence-corrected chi connectivity index (χ0v) is 14.7. The van der Waals surface area contributed by atoms with Gasteiger partial charge < -0.3 is 19.3 Å². The molecule has 1 atom stereocenters. The van der Waals surface area contributed by atoms with Crippen LogP contribution in [-0.4, -0.2) is 30.3 Å². The molecule has 2 aromatic rings. The highest BCUT2D eigenvalue weighted by Crippen LogP contribution is 2.31. The van der Waals surface area contributed by atoms with E-state index in [-0.39, 0.29) is 17.9 Å². The molecule has 1 heterocycles. The van der Waals surface area contributed by atoms with Gasteiger partial charge in [-0.25, -0.2) is 0 Å². The Kier molecular flexibility index (Phi) is 5.21. The Morgan fingerprint density at radius 2 is 1.96 bits per heavy atom. The summed E-state index contributed by atoms with van der Waals surface area (Å²) in [5, 5.41) is 6.97. The minimum atomic E-state index is -0.325. The molecule has 134 valence electrons. The molecule has 0 saturated heterocycles. The van der Waals surface area contributed by atoms with Crippen LogP contribution in [0.25, 0.3) is 11.4 Å². The summed E-state index contributed by atoms with van der Waals surface area (Å²) in [4.78, 5) is 16.6. The van der Waals surface area contributed by atoms with E-state index < -0.39 is 0 Å². The lowest BCUT2D eigenvalue weighted by Crippen LogP contribution is -2.31. The Morgan fingerprint density at radius 3 is 2.64 bits per heavy atom. The van der Waals surface area contributed by atoms with Crippen molar-refractivity contribution in [2.24, 2.45) is 5.92 Å². The molecule has 1 aromatic carbocycles. The monoisotopic (exact) mass is 345 g/mol. The maximum absolute atomic E-state index is 12.2. The van der Waals surface area contributed by atoms with E-state index in [0.29, 0.717) is 23.2 Å². The number of hydrogen-bond donors (Lipinski definition) is 1. The van der Waals surface area contributed by atoms with Crippen LogP contribution in [0.5, 0.6) is 11.5 Å². The Morgan fingerprint density at radius 1 is 1.24 bits per heavy atom. The third-order valence-electron chi connectivity index (χ3n) is 4.54. The Balaban J connectivity index is 1.72. The number of rotatable bonds is 6. The van der Waals surface area contributed by atoms with Gasteiger partial charge in [0.05, 0.1) is 14.2 Å². The van der Waals surface area contributed by atoms with Crippen LogP contribution in [0.1, 0.15) is 44.5 Å². The molecule has 25 heavy (non-hydrogen) atoms. The quantitative estimate of drug-likeness (QED) is 0.865. The summed E-state index contributed by atoms with van der Waals surface area (Å²) in [6, 6.07) is 5.08. The van der Waals surface area contributed by atoms with Crippen LogP contribution in [0, 0.1) is 5.92 Å². The lowest BCUT2D eigenvalue weighted by molar-refractivity contribution is -0.125. The van der Waals surface area contributed by atoms with Gasteiger partial charge in [0, 0.05) is 11.5 Å². The summed E-state index contributed by atoms with van der Waals surface area (Å²) in [5.41, 5.74) is 0.752. The average molecular weight is 345 g/mol. The molecule has 0 bridgehead atoms. The molecule has 1 saturated carbocycles. The number of carbonyl (C=O) groups is 1. The number of nitrogens with one attached hydrogen (secondary N) is 1. The van der Waals surface area contributed by atoms with Gasteiger partial charge in [0.15, 0.2) is 11.5 Å². The standard InChI is InChI=1S/C18H23N3O4/c1-11(19-17(22)12-6-4-5-7-12)18-20-16(21-25-18)13-8-9-14(23-2)15(10-13)24-3/h8-12H,4-7H2,1-3H3,(H,19,22)/t11-/m0/s1. The van der Waals surface area contributed by atoms with E-state index in [1.807, 2.05) is 13.0 Å². The Bertz CT molecular complexity index is 738. The normalized spacial score (nSPS) is 15.8. The van der Waals surface area contributed by atoms with Crippen LogP contribution in [0.4, 0.5) is 0 Å². The minimum absolute atomic E-state index is 0.0656. The summed E-state index contributed by atoms with van der Waals surface area (Å²) in [6.07, 6.45) is 4.16.